The van der Waals surface area contributed by atoms with E-state index < -0.39 is 5.91 Å². The average Bonchev–Trinajstić information content (AvgIpc) is 2.47. The lowest BCUT2D eigenvalue weighted by Crippen LogP contribution is -2.08. The maximum absolute atomic E-state index is 12.3. The van der Waals surface area contributed by atoms with Gasteiger partial charge in [0.05, 0.1) is 0 Å². The molecule has 0 saturated carbocycles. The van der Waals surface area contributed by atoms with Gasteiger partial charge in [0, 0.05) is 21.6 Å². The van der Waals surface area contributed by atoms with Crippen molar-refractivity contribution in [2.24, 2.45) is 5.11 Å². The first-order valence-electron chi connectivity index (χ1n) is 5.52. The second kappa shape index (κ2) is 5.62. The molecule has 0 N–H and O–H groups in total. The summed E-state index contributed by atoms with van der Waals surface area (Å²) in [7, 11) is 0. The highest BCUT2D eigenvalue weighted by Gasteiger charge is 2.16. The molecule has 0 aliphatic carbocycles. The van der Waals surface area contributed by atoms with E-state index in [0.717, 1.165) is 0 Å². The second-order valence-electron chi connectivity index (χ2n) is 3.74. The summed E-state index contributed by atoms with van der Waals surface area (Å²) in [6.45, 7) is 0. The number of hydrogen-bond donors (Lipinski definition) is 0. The van der Waals surface area contributed by atoms with Gasteiger partial charge in [-0.1, -0.05) is 54.6 Å². The topological polar surface area (TPSA) is 82.9 Å². The van der Waals surface area contributed by atoms with Crippen molar-refractivity contribution in [3.8, 4) is 0 Å². The van der Waals surface area contributed by atoms with Crippen LogP contribution >= 0.6 is 0 Å². The molecule has 0 aliphatic rings. The van der Waals surface area contributed by atoms with E-state index in [1.807, 2.05) is 0 Å². The van der Waals surface area contributed by atoms with Crippen LogP contribution in [-0.4, -0.2) is 11.7 Å². The molecule has 0 saturated heterocycles. The van der Waals surface area contributed by atoms with Crippen LogP contribution in [0.4, 0.5) is 0 Å². The molecule has 2 aromatic carbocycles. The molecule has 5 nitrogen and oxygen atoms in total. The highest BCUT2D eigenvalue weighted by Crippen LogP contribution is 2.15. The van der Waals surface area contributed by atoms with Crippen LogP contribution in [0.5, 0.6) is 0 Å². The summed E-state index contributed by atoms with van der Waals surface area (Å²) >= 11 is 0. The zero-order valence-corrected chi connectivity index (χ0v) is 9.85. The number of ketones is 1. The van der Waals surface area contributed by atoms with Crippen molar-refractivity contribution in [1.82, 2.24) is 0 Å². The first-order valence-corrected chi connectivity index (χ1v) is 5.52. The molecule has 0 radical (unpaired) electrons. The molecule has 1 amide bonds. The van der Waals surface area contributed by atoms with E-state index in [9.17, 15) is 9.59 Å². The number of rotatable bonds is 3. The molecule has 0 fully saturated rings. The molecular formula is C14H9N3O2. The third-order valence-corrected chi connectivity index (χ3v) is 2.57. The Hall–Kier alpha value is -2.91. The van der Waals surface area contributed by atoms with Gasteiger partial charge in [-0.2, -0.15) is 0 Å². The van der Waals surface area contributed by atoms with Gasteiger partial charge in [-0.25, -0.2) is 0 Å². The third kappa shape index (κ3) is 2.68. The maximum atomic E-state index is 12.3. The van der Waals surface area contributed by atoms with Gasteiger partial charge in [0.2, 0.25) is 5.91 Å². The highest BCUT2D eigenvalue weighted by molar-refractivity contribution is 6.15. The van der Waals surface area contributed by atoms with Crippen molar-refractivity contribution in [3.05, 3.63) is 81.7 Å². The highest BCUT2D eigenvalue weighted by atomic mass is 16.2. The summed E-state index contributed by atoms with van der Waals surface area (Å²) in [4.78, 5) is 26.4. The van der Waals surface area contributed by atoms with Crippen molar-refractivity contribution in [2.45, 2.75) is 0 Å². The monoisotopic (exact) mass is 251 g/mol. The Kier molecular flexibility index (Phi) is 3.71. The van der Waals surface area contributed by atoms with E-state index in [4.69, 9.17) is 5.53 Å². The lowest BCUT2D eigenvalue weighted by Gasteiger charge is -2.05. The number of carbonyl (C=O) groups excluding carboxylic acids is 2. The van der Waals surface area contributed by atoms with Gasteiger partial charge >= 0.3 is 0 Å². The summed E-state index contributed by atoms with van der Waals surface area (Å²) in [5.74, 6) is -1.04. The zero-order valence-electron chi connectivity index (χ0n) is 9.85. The van der Waals surface area contributed by atoms with Gasteiger partial charge in [0.15, 0.2) is 5.78 Å². The third-order valence-electron chi connectivity index (χ3n) is 2.57. The van der Waals surface area contributed by atoms with E-state index in [1.165, 1.54) is 12.1 Å². The Labute approximate surface area is 109 Å². The molecule has 0 unspecified atom stereocenters. The SMILES string of the molecule is [N-]=[N+]=NC(=O)c1ccccc1C(=O)c1ccccc1. The van der Waals surface area contributed by atoms with Crippen molar-refractivity contribution in [3.63, 3.8) is 0 Å². The summed E-state index contributed by atoms with van der Waals surface area (Å²) < 4.78 is 0. The molecule has 92 valence electrons. The van der Waals surface area contributed by atoms with Crippen molar-refractivity contribution >= 4 is 11.7 Å². The van der Waals surface area contributed by atoms with Crippen LogP contribution in [-0.2, 0) is 0 Å². The van der Waals surface area contributed by atoms with Crippen LogP contribution in [0.15, 0.2) is 59.7 Å². The zero-order chi connectivity index (χ0) is 13.7. The maximum Gasteiger partial charge on any atom is 0.249 e. The van der Waals surface area contributed by atoms with Crippen LogP contribution < -0.4 is 0 Å². The van der Waals surface area contributed by atoms with Crippen molar-refractivity contribution < 1.29 is 9.59 Å². The van der Waals surface area contributed by atoms with Crippen LogP contribution in [0.1, 0.15) is 26.3 Å². The summed E-state index contributed by atoms with van der Waals surface area (Å²) in [6.07, 6.45) is 0. The fraction of sp³-hybridized carbons (Fsp3) is 0. The minimum Gasteiger partial charge on any atom is -0.289 e. The van der Waals surface area contributed by atoms with Crippen LogP contribution in [0, 0.1) is 0 Å². The lowest BCUT2D eigenvalue weighted by atomic mass is 9.98. The van der Waals surface area contributed by atoms with Gasteiger partial charge in [-0.05, 0) is 10.6 Å². The van der Waals surface area contributed by atoms with E-state index in [0.29, 0.717) is 5.56 Å². The molecule has 2 rings (SSSR count). The van der Waals surface area contributed by atoms with Gasteiger partial charge < -0.3 is 0 Å². The van der Waals surface area contributed by atoms with E-state index >= 15 is 0 Å². The summed E-state index contributed by atoms with van der Waals surface area (Å²) in [5, 5.41) is 3.02. The van der Waals surface area contributed by atoms with Crippen LogP contribution in [0.2, 0.25) is 0 Å². The molecule has 0 aromatic heterocycles. The minimum absolute atomic E-state index is 0.106. The lowest BCUT2D eigenvalue weighted by molar-refractivity contribution is 0.0981. The van der Waals surface area contributed by atoms with Gasteiger partial charge in [0.1, 0.15) is 0 Å². The molecule has 0 atom stereocenters. The standard InChI is InChI=1S/C14H9N3O2/c15-17-16-14(19)12-9-5-4-8-11(12)13(18)10-6-2-1-3-7-10/h1-9H. The molecule has 0 spiro atoms. The number of carbonyl (C=O) groups is 2. The fourth-order valence-corrected chi connectivity index (χ4v) is 1.71. The molecule has 5 heteroatoms. The number of amides is 1. The number of benzene rings is 2. The predicted octanol–water partition coefficient (Wildman–Crippen LogP) is 3.37. The van der Waals surface area contributed by atoms with Crippen molar-refractivity contribution in [1.29, 1.82) is 0 Å². The number of nitrogens with zero attached hydrogens (tertiary/aromatic N) is 3. The van der Waals surface area contributed by atoms with E-state index in [-0.39, 0.29) is 16.9 Å². The Bertz CT molecular complexity index is 674. The van der Waals surface area contributed by atoms with Gasteiger partial charge in [0.25, 0.3) is 0 Å². The second-order valence-corrected chi connectivity index (χ2v) is 3.74. The van der Waals surface area contributed by atoms with Gasteiger partial charge in [-0.15, -0.1) is 0 Å². The molecule has 0 aliphatic heterocycles. The Morgan fingerprint density at radius 3 is 2.11 bits per heavy atom. The minimum atomic E-state index is -0.762. The van der Waals surface area contributed by atoms with Crippen LogP contribution in [0.25, 0.3) is 10.4 Å². The summed E-state index contributed by atoms with van der Waals surface area (Å²) in [6, 6.07) is 14.9. The molecular weight excluding hydrogens is 242 g/mol. The summed E-state index contributed by atoms with van der Waals surface area (Å²) in [5.41, 5.74) is 9.11. The van der Waals surface area contributed by atoms with Crippen LogP contribution in [0.3, 0.4) is 0 Å². The number of azide groups is 1. The first kappa shape index (κ1) is 12.5. The Morgan fingerprint density at radius 1 is 0.895 bits per heavy atom. The quantitative estimate of drug-likeness (QED) is 0.362. The molecule has 19 heavy (non-hydrogen) atoms. The Morgan fingerprint density at radius 2 is 1.47 bits per heavy atom. The normalized spacial score (nSPS) is 9.47. The molecule has 2 aromatic rings. The van der Waals surface area contributed by atoms with E-state index in [2.05, 4.69) is 10.0 Å². The van der Waals surface area contributed by atoms with Crippen molar-refractivity contribution in [2.75, 3.05) is 0 Å². The van der Waals surface area contributed by atoms with Gasteiger partial charge in [-0.3, -0.25) is 9.59 Å². The molecule has 0 heterocycles. The smallest absolute Gasteiger partial charge is 0.249 e. The van der Waals surface area contributed by atoms with E-state index in [1.54, 1.807) is 42.5 Å². The largest absolute Gasteiger partial charge is 0.289 e. The fourth-order valence-electron chi connectivity index (χ4n) is 1.71. The first-order chi connectivity index (χ1) is 9.24. The average molecular weight is 251 g/mol. The Balaban J connectivity index is 2.49. The number of hydrogen-bond acceptors (Lipinski definition) is 2. The predicted molar refractivity (Wildman–Crippen MR) is 69.8 cm³/mol. The molecule has 0 bridgehead atoms.